The highest BCUT2D eigenvalue weighted by atomic mass is 32.2. The van der Waals surface area contributed by atoms with Crippen LogP contribution in [-0.2, 0) is 15.5 Å². The Morgan fingerprint density at radius 2 is 2.14 bits per heavy atom. The Morgan fingerprint density at radius 3 is 2.57 bits per heavy atom. The minimum atomic E-state index is -2.67. The number of hydrogen-bond donors (Lipinski definition) is 2. The number of rotatable bonds is 3. The van der Waals surface area contributed by atoms with Crippen molar-refractivity contribution in [3.8, 4) is 0 Å². The molecule has 1 N–H and O–H groups in total. The van der Waals surface area contributed by atoms with Gasteiger partial charge in [0.05, 0.1) is 4.99 Å². The monoisotopic (exact) mass is 236 g/mol. The summed E-state index contributed by atoms with van der Waals surface area (Å²) in [5, 5.41) is 1.42. The van der Waals surface area contributed by atoms with Crippen molar-refractivity contribution < 1.29 is 13.2 Å². The molecule has 80 valence electrons. The van der Waals surface area contributed by atoms with Crippen LogP contribution in [0.2, 0.25) is 0 Å². The largest absolute Gasteiger partial charge is 0.282 e. The first kappa shape index (κ1) is 11.4. The van der Waals surface area contributed by atoms with E-state index in [0.717, 1.165) is 12.8 Å². The van der Waals surface area contributed by atoms with Gasteiger partial charge in [-0.05, 0) is 12.8 Å². The van der Waals surface area contributed by atoms with Crippen LogP contribution in [0.4, 0.5) is 0 Å². The van der Waals surface area contributed by atoms with E-state index in [9.17, 15) is 13.2 Å². The summed E-state index contributed by atoms with van der Waals surface area (Å²) in [6.45, 7) is 0. The summed E-state index contributed by atoms with van der Waals surface area (Å²) in [5.74, 6) is -0.671. The fraction of sp³-hybridized carbons (Fsp3) is 0.714. The van der Waals surface area contributed by atoms with Crippen LogP contribution in [0.3, 0.4) is 0 Å². The maximum Gasteiger partial charge on any atom is 0.253 e. The predicted octanol–water partition coefficient (Wildman–Crippen LogP) is -0.702. The van der Waals surface area contributed by atoms with Crippen molar-refractivity contribution in [3.05, 3.63) is 0 Å². The standard InChI is InChI=1S/C7H12N2O3S2/c1-9(7(13)5-2-3-5)8-6(10)4-14(11)12/h5,14H,2-4H2,1H3,(H,8,10). The fourth-order valence-electron chi connectivity index (χ4n) is 0.999. The van der Waals surface area contributed by atoms with E-state index in [0.29, 0.717) is 10.9 Å². The van der Waals surface area contributed by atoms with Gasteiger partial charge in [0.2, 0.25) is 0 Å². The Bertz CT molecular complexity index is 315. The van der Waals surface area contributed by atoms with Crippen molar-refractivity contribution in [2.24, 2.45) is 5.92 Å². The third kappa shape index (κ3) is 3.59. The predicted molar refractivity (Wildman–Crippen MR) is 56.4 cm³/mol. The molecule has 0 spiro atoms. The molecule has 7 heteroatoms. The van der Waals surface area contributed by atoms with Crippen molar-refractivity contribution >= 4 is 33.8 Å². The quantitative estimate of drug-likeness (QED) is 0.385. The molecule has 1 aliphatic carbocycles. The van der Waals surface area contributed by atoms with Crippen LogP contribution in [0.15, 0.2) is 0 Å². The smallest absolute Gasteiger partial charge is 0.253 e. The molecule has 1 amide bonds. The van der Waals surface area contributed by atoms with Crippen LogP contribution in [0.5, 0.6) is 0 Å². The van der Waals surface area contributed by atoms with Gasteiger partial charge < -0.3 is 0 Å². The highest BCUT2D eigenvalue weighted by Crippen LogP contribution is 2.31. The molecule has 0 unspecified atom stereocenters. The molecule has 0 aliphatic heterocycles. The van der Waals surface area contributed by atoms with E-state index < -0.39 is 22.4 Å². The molecule has 0 saturated heterocycles. The Hall–Kier alpha value is -0.690. The topological polar surface area (TPSA) is 66.5 Å². The lowest BCUT2D eigenvalue weighted by atomic mass is 10.4. The number of carbonyl (C=O) groups excluding carboxylic acids is 1. The third-order valence-corrected chi connectivity index (χ3v) is 2.97. The highest BCUT2D eigenvalue weighted by molar-refractivity contribution is 7.80. The fourth-order valence-corrected chi connectivity index (χ4v) is 1.59. The minimum Gasteiger partial charge on any atom is -0.282 e. The zero-order chi connectivity index (χ0) is 10.7. The van der Waals surface area contributed by atoms with Crippen LogP contribution < -0.4 is 5.43 Å². The molecular formula is C7H12N2O3S2. The molecule has 5 nitrogen and oxygen atoms in total. The van der Waals surface area contributed by atoms with Crippen LogP contribution in [0.1, 0.15) is 12.8 Å². The molecule has 0 atom stereocenters. The van der Waals surface area contributed by atoms with Crippen molar-refractivity contribution in [2.45, 2.75) is 12.8 Å². The van der Waals surface area contributed by atoms with Gasteiger partial charge >= 0.3 is 0 Å². The second kappa shape index (κ2) is 4.70. The first-order valence-corrected chi connectivity index (χ1v) is 5.96. The third-order valence-electron chi connectivity index (χ3n) is 1.82. The van der Waals surface area contributed by atoms with E-state index in [-0.39, 0.29) is 0 Å². The van der Waals surface area contributed by atoms with Gasteiger partial charge in [-0.1, -0.05) is 12.2 Å². The zero-order valence-electron chi connectivity index (χ0n) is 7.73. The number of amides is 1. The van der Waals surface area contributed by atoms with Gasteiger partial charge in [-0.25, -0.2) is 8.42 Å². The summed E-state index contributed by atoms with van der Waals surface area (Å²) in [5.41, 5.74) is 2.40. The Balaban J connectivity index is 2.35. The molecule has 0 bridgehead atoms. The van der Waals surface area contributed by atoms with Gasteiger partial charge in [0.25, 0.3) is 5.91 Å². The van der Waals surface area contributed by atoms with E-state index in [2.05, 4.69) is 5.43 Å². The molecule has 1 rings (SSSR count). The Morgan fingerprint density at radius 1 is 1.57 bits per heavy atom. The van der Waals surface area contributed by atoms with Gasteiger partial charge in [0.1, 0.15) is 16.5 Å². The van der Waals surface area contributed by atoms with E-state index in [1.54, 1.807) is 7.05 Å². The number of thiocarbonyl (C=S) groups is 1. The number of thiol groups is 1. The van der Waals surface area contributed by atoms with Gasteiger partial charge in [0.15, 0.2) is 0 Å². The Labute approximate surface area is 89.4 Å². The van der Waals surface area contributed by atoms with E-state index in [1.807, 2.05) is 0 Å². The number of nitrogens with one attached hydrogen (secondary N) is 1. The molecule has 0 aromatic rings. The molecular weight excluding hydrogens is 224 g/mol. The lowest BCUT2D eigenvalue weighted by Gasteiger charge is -2.19. The average Bonchev–Trinajstić information content (AvgIpc) is 2.83. The molecule has 1 fully saturated rings. The molecule has 0 radical (unpaired) electrons. The zero-order valence-corrected chi connectivity index (χ0v) is 9.44. The summed E-state index contributed by atoms with van der Waals surface area (Å²) < 4.78 is 20.5. The van der Waals surface area contributed by atoms with Crippen molar-refractivity contribution in [1.29, 1.82) is 0 Å². The van der Waals surface area contributed by atoms with E-state index >= 15 is 0 Å². The average molecular weight is 236 g/mol. The number of nitrogens with zero attached hydrogens (tertiary/aromatic N) is 1. The van der Waals surface area contributed by atoms with Gasteiger partial charge in [-0.15, -0.1) is 0 Å². The SMILES string of the molecule is CN(NC(=O)C[SH](=O)=O)C(=S)C1CC1. The lowest BCUT2D eigenvalue weighted by Crippen LogP contribution is -2.44. The van der Waals surface area contributed by atoms with E-state index in [4.69, 9.17) is 12.2 Å². The maximum absolute atomic E-state index is 11.0. The summed E-state index contributed by atoms with van der Waals surface area (Å²) in [4.78, 5) is 11.7. The molecule has 0 aromatic carbocycles. The second-order valence-corrected chi connectivity index (χ2v) is 4.60. The maximum atomic E-state index is 11.0. The van der Waals surface area contributed by atoms with Gasteiger partial charge in [-0.3, -0.25) is 15.2 Å². The van der Waals surface area contributed by atoms with Gasteiger partial charge in [0, 0.05) is 13.0 Å². The summed E-state index contributed by atoms with van der Waals surface area (Å²) in [7, 11) is -1.05. The van der Waals surface area contributed by atoms with Crippen LogP contribution in [0.25, 0.3) is 0 Å². The van der Waals surface area contributed by atoms with Gasteiger partial charge in [-0.2, -0.15) is 0 Å². The van der Waals surface area contributed by atoms with Crippen molar-refractivity contribution in [1.82, 2.24) is 10.4 Å². The molecule has 1 aliphatic rings. The normalized spacial score (nSPS) is 15.3. The number of carbonyl (C=O) groups is 1. The van der Waals surface area contributed by atoms with Crippen LogP contribution >= 0.6 is 12.2 Å². The summed E-state index contributed by atoms with van der Waals surface area (Å²) in [6.07, 6.45) is 2.10. The lowest BCUT2D eigenvalue weighted by molar-refractivity contribution is -0.121. The van der Waals surface area contributed by atoms with Crippen LogP contribution in [-0.4, -0.2) is 37.1 Å². The molecule has 0 heterocycles. The molecule has 1 saturated carbocycles. The van der Waals surface area contributed by atoms with Crippen LogP contribution in [0, 0.1) is 5.92 Å². The minimum absolute atomic E-state index is 0.372. The summed E-state index contributed by atoms with van der Waals surface area (Å²) >= 11 is 5.06. The number of hydrazine groups is 1. The van der Waals surface area contributed by atoms with Crippen molar-refractivity contribution in [2.75, 3.05) is 12.8 Å². The Kier molecular flexibility index (Phi) is 3.82. The molecule has 14 heavy (non-hydrogen) atoms. The first-order valence-electron chi connectivity index (χ1n) is 4.19. The summed E-state index contributed by atoms with van der Waals surface area (Å²) in [6, 6.07) is 0. The van der Waals surface area contributed by atoms with Crippen molar-refractivity contribution in [3.63, 3.8) is 0 Å². The highest BCUT2D eigenvalue weighted by Gasteiger charge is 2.29. The van der Waals surface area contributed by atoms with E-state index in [1.165, 1.54) is 5.01 Å². The number of hydrogen-bond acceptors (Lipinski definition) is 4. The first-order chi connectivity index (χ1) is 6.50. The second-order valence-electron chi connectivity index (χ2n) is 3.20. The molecule has 0 aromatic heterocycles.